The van der Waals surface area contributed by atoms with Crippen LogP contribution in [0.4, 0.5) is 13.2 Å². The van der Waals surface area contributed by atoms with E-state index in [1.54, 1.807) is 43.3 Å². The normalized spacial score (nSPS) is 11.6. The fourth-order valence-electron chi connectivity index (χ4n) is 2.13. The molecule has 2 aromatic heterocycles. The number of aromatic nitrogens is 3. The molecule has 3 rings (SSSR count). The summed E-state index contributed by atoms with van der Waals surface area (Å²) >= 11 is 0. The molecule has 0 aliphatic heterocycles. The Morgan fingerprint density at radius 1 is 0.909 bits per heavy atom. The first-order valence-corrected chi connectivity index (χ1v) is 6.60. The zero-order chi connectivity index (χ0) is 15.7. The van der Waals surface area contributed by atoms with Crippen LogP contribution < -0.4 is 0 Å². The van der Waals surface area contributed by atoms with Gasteiger partial charge in [0.25, 0.3) is 0 Å². The van der Waals surface area contributed by atoms with E-state index in [9.17, 15) is 13.2 Å². The highest BCUT2D eigenvalue weighted by molar-refractivity contribution is 5.66. The Balaban J connectivity index is 2.19. The molecule has 1 aromatic carbocycles. The number of hydrogen-bond donors (Lipinski definition) is 1. The molecular weight excluding hydrogens is 291 g/mol. The highest BCUT2D eigenvalue weighted by atomic mass is 19.4. The van der Waals surface area contributed by atoms with Crippen LogP contribution in [0.1, 0.15) is 11.3 Å². The van der Waals surface area contributed by atoms with Crippen molar-refractivity contribution >= 4 is 0 Å². The van der Waals surface area contributed by atoms with E-state index in [1.165, 1.54) is 0 Å². The lowest BCUT2D eigenvalue weighted by molar-refractivity contribution is -0.137. The summed E-state index contributed by atoms with van der Waals surface area (Å²) in [5.41, 5.74) is 1.50. The molecule has 0 bridgehead atoms. The third-order valence-electron chi connectivity index (χ3n) is 3.19. The van der Waals surface area contributed by atoms with Gasteiger partial charge in [-0.25, -0.2) is 4.98 Å². The van der Waals surface area contributed by atoms with Crippen molar-refractivity contribution in [2.75, 3.05) is 0 Å². The number of halogens is 3. The van der Waals surface area contributed by atoms with Crippen molar-refractivity contribution in [1.82, 2.24) is 15.2 Å². The van der Waals surface area contributed by atoms with Gasteiger partial charge >= 0.3 is 6.18 Å². The molecule has 0 radical (unpaired) electrons. The topological polar surface area (TPSA) is 41.6 Å². The molecule has 0 fully saturated rings. The Morgan fingerprint density at radius 3 is 2.18 bits per heavy atom. The number of nitrogens with zero attached hydrogens (tertiary/aromatic N) is 2. The number of alkyl halides is 3. The quantitative estimate of drug-likeness (QED) is 0.759. The van der Waals surface area contributed by atoms with Crippen molar-refractivity contribution in [3.8, 4) is 22.6 Å². The van der Waals surface area contributed by atoms with E-state index in [1.807, 2.05) is 0 Å². The highest BCUT2D eigenvalue weighted by Gasteiger charge is 2.32. The lowest BCUT2D eigenvalue weighted by atomic mass is 10.1. The van der Waals surface area contributed by atoms with Gasteiger partial charge in [-0.2, -0.15) is 18.3 Å². The predicted octanol–water partition coefficient (Wildman–Crippen LogP) is 4.47. The van der Waals surface area contributed by atoms with E-state index in [2.05, 4.69) is 15.2 Å². The van der Waals surface area contributed by atoms with Crippen molar-refractivity contribution in [3.63, 3.8) is 0 Å². The monoisotopic (exact) mass is 303 g/mol. The second-order valence-electron chi connectivity index (χ2n) is 4.93. The summed E-state index contributed by atoms with van der Waals surface area (Å²) in [7, 11) is 0. The van der Waals surface area contributed by atoms with Gasteiger partial charge in [0.2, 0.25) is 0 Å². The van der Waals surface area contributed by atoms with Crippen LogP contribution in [0.2, 0.25) is 0 Å². The summed E-state index contributed by atoms with van der Waals surface area (Å²) in [6, 6.07) is 12.5. The van der Waals surface area contributed by atoms with Crippen molar-refractivity contribution in [2.45, 2.75) is 13.1 Å². The van der Waals surface area contributed by atoms with Gasteiger partial charge in [0, 0.05) is 11.3 Å². The first kappa shape index (κ1) is 14.3. The maximum atomic E-state index is 13.1. The molecule has 0 amide bonds. The van der Waals surface area contributed by atoms with E-state index < -0.39 is 11.7 Å². The largest absolute Gasteiger partial charge is 0.416 e. The molecule has 3 aromatic rings. The smallest absolute Gasteiger partial charge is 0.282 e. The molecular formula is C16H12F3N3. The van der Waals surface area contributed by atoms with Crippen LogP contribution in [-0.2, 0) is 6.18 Å². The average Bonchev–Trinajstić information content (AvgIpc) is 2.93. The van der Waals surface area contributed by atoms with Crippen molar-refractivity contribution in [3.05, 3.63) is 59.8 Å². The summed E-state index contributed by atoms with van der Waals surface area (Å²) in [6.45, 7) is 1.78. The number of nitrogens with one attached hydrogen (secondary N) is 1. The molecule has 2 heterocycles. The predicted molar refractivity (Wildman–Crippen MR) is 77.0 cm³/mol. The van der Waals surface area contributed by atoms with Crippen molar-refractivity contribution in [1.29, 1.82) is 0 Å². The average molecular weight is 303 g/mol. The molecule has 1 N–H and O–H groups in total. The van der Waals surface area contributed by atoms with Gasteiger partial charge in [0.05, 0.1) is 17.0 Å². The lowest BCUT2D eigenvalue weighted by Crippen LogP contribution is -2.06. The lowest BCUT2D eigenvalue weighted by Gasteiger charge is -2.10. The number of aryl methyl sites for hydroxylation is 1. The molecule has 0 unspecified atom stereocenters. The van der Waals surface area contributed by atoms with Gasteiger partial charge in [-0.3, -0.25) is 5.10 Å². The van der Waals surface area contributed by atoms with Gasteiger partial charge in [0.15, 0.2) is 0 Å². The Morgan fingerprint density at radius 2 is 1.59 bits per heavy atom. The van der Waals surface area contributed by atoms with Crippen LogP contribution in [0.5, 0.6) is 0 Å². The maximum Gasteiger partial charge on any atom is 0.416 e. The van der Waals surface area contributed by atoms with Gasteiger partial charge < -0.3 is 0 Å². The first-order chi connectivity index (χ1) is 10.4. The van der Waals surface area contributed by atoms with Crippen LogP contribution in [0.3, 0.4) is 0 Å². The Bertz CT molecular complexity index is 792. The molecule has 0 saturated heterocycles. The van der Waals surface area contributed by atoms with Gasteiger partial charge in [0.1, 0.15) is 5.69 Å². The minimum Gasteiger partial charge on any atom is -0.282 e. The summed E-state index contributed by atoms with van der Waals surface area (Å²) in [5, 5.41) is 6.70. The van der Waals surface area contributed by atoms with Crippen LogP contribution in [-0.4, -0.2) is 15.2 Å². The van der Waals surface area contributed by atoms with E-state index in [0.717, 1.165) is 17.8 Å². The minimum absolute atomic E-state index is 0.193. The van der Waals surface area contributed by atoms with E-state index in [-0.39, 0.29) is 11.4 Å². The van der Waals surface area contributed by atoms with Crippen molar-refractivity contribution < 1.29 is 13.2 Å². The molecule has 0 aliphatic rings. The molecule has 3 nitrogen and oxygen atoms in total. The summed E-state index contributed by atoms with van der Waals surface area (Å²) in [6.07, 6.45) is -4.44. The summed E-state index contributed by atoms with van der Waals surface area (Å²) in [5.74, 6) is 0. The van der Waals surface area contributed by atoms with Crippen LogP contribution in [0.15, 0.2) is 48.5 Å². The van der Waals surface area contributed by atoms with Gasteiger partial charge in [-0.1, -0.05) is 30.3 Å². The van der Waals surface area contributed by atoms with Crippen molar-refractivity contribution in [2.24, 2.45) is 0 Å². The van der Waals surface area contributed by atoms with E-state index in [4.69, 9.17) is 0 Å². The highest BCUT2D eigenvalue weighted by Crippen LogP contribution is 2.34. The molecule has 0 atom stereocenters. The Labute approximate surface area is 124 Å². The summed E-state index contributed by atoms with van der Waals surface area (Å²) < 4.78 is 39.4. The number of pyridine rings is 1. The molecule has 0 saturated carbocycles. The molecule has 112 valence electrons. The zero-order valence-corrected chi connectivity index (χ0v) is 11.6. The summed E-state index contributed by atoms with van der Waals surface area (Å²) in [4.78, 5) is 4.32. The third kappa shape index (κ3) is 2.86. The second-order valence-corrected chi connectivity index (χ2v) is 4.93. The number of rotatable bonds is 2. The number of benzene rings is 1. The first-order valence-electron chi connectivity index (χ1n) is 6.60. The second kappa shape index (κ2) is 5.29. The van der Waals surface area contributed by atoms with Gasteiger partial charge in [-0.15, -0.1) is 0 Å². The number of aromatic amines is 1. The van der Waals surface area contributed by atoms with Crippen LogP contribution in [0.25, 0.3) is 22.6 Å². The molecule has 0 spiro atoms. The van der Waals surface area contributed by atoms with E-state index in [0.29, 0.717) is 11.3 Å². The minimum atomic E-state index is -4.44. The van der Waals surface area contributed by atoms with Crippen LogP contribution in [0, 0.1) is 6.92 Å². The number of H-pyrrole nitrogens is 1. The molecule has 22 heavy (non-hydrogen) atoms. The van der Waals surface area contributed by atoms with E-state index >= 15 is 0 Å². The molecule has 0 aliphatic carbocycles. The standard InChI is InChI=1S/C16H12F3N3/c1-10-7-15(22-21-10)14-9-12(16(17,18)19)8-13(20-14)11-5-3-2-4-6-11/h2-9H,1H3,(H,21,22). The maximum absolute atomic E-state index is 13.1. The fourth-order valence-corrected chi connectivity index (χ4v) is 2.13. The van der Waals surface area contributed by atoms with Crippen LogP contribution >= 0.6 is 0 Å². The fraction of sp³-hybridized carbons (Fsp3) is 0.125. The SMILES string of the molecule is Cc1cc(-c2cc(C(F)(F)F)cc(-c3ccccc3)n2)n[nH]1. The zero-order valence-electron chi connectivity index (χ0n) is 11.6. The number of hydrogen-bond acceptors (Lipinski definition) is 2. The third-order valence-corrected chi connectivity index (χ3v) is 3.19. The Hall–Kier alpha value is -2.63. The Kier molecular flexibility index (Phi) is 3.44. The molecule has 6 heteroatoms. The van der Waals surface area contributed by atoms with Gasteiger partial charge in [-0.05, 0) is 25.1 Å².